The molecule has 0 aliphatic carbocycles. The van der Waals surface area contributed by atoms with Gasteiger partial charge in [0.1, 0.15) is 12.6 Å². The Bertz CT molecular complexity index is 1660. The van der Waals surface area contributed by atoms with Crippen LogP contribution in [0.3, 0.4) is 0 Å². The SMILES string of the molecule is CCNC(=O)[C@@H](Cc1ccccc1)N(Cc1ccccc1C)C(=O)CN(c1ccc(C)c(C)c1)S(=O)(=O)c1ccccc1. The summed E-state index contributed by atoms with van der Waals surface area (Å²) in [4.78, 5) is 29.6. The van der Waals surface area contributed by atoms with Gasteiger partial charge in [-0.25, -0.2) is 8.42 Å². The third kappa shape index (κ3) is 7.70. The minimum atomic E-state index is -4.12. The van der Waals surface area contributed by atoms with Crippen molar-refractivity contribution in [1.82, 2.24) is 10.2 Å². The highest BCUT2D eigenvalue weighted by Gasteiger charge is 2.34. The molecule has 0 saturated carbocycles. The number of benzene rings is 4. The van der Waals surface area contributed by atoms with Crippen molar-refractivity contribution in [2.75, 3.05) is 17.4 Å². The molecule has 43 heavy (non-hydrogen) atoms. The number of amides is 2. The van der Waals surface area contributed by atoms with Crippen LogP contribution in [-0.4, -0.2) is 44.3 Å². The quantitative estimate of drug-likeness (QED) is 0.231. The monoisotopic (exact) mass is 597 g/mol. The van der Waals surface area contributed by atoms with Crippen molar-refractivity contribution >= 4 is 27.5 Å². The van der Waals surface area contributed by atoms with Gasteiger partial charge in [-0.2, -0.15) is 0 Å². The maximum atomic E-state index is 14.5. The van der Waals surface area contributed by atoms with Crippen molar-refractivity contribution in [3.8, 4) is 0 Å². The molecular weight excluding hydrogens is 558 g/mol. The molecule has 0 radical (unpaired) electrons. The number of sulfonamides is 1. The molecule has 0 unspecified atom stereocenters. The molecule has 2 amide bonds. The Labute approximate surface area is 255 Å². The Morgan fingerprint density at radius 1 is 0.767 bits per heavy atom. The zero-order chi connectivity index (χ0) is 31.0. The summed E-state index contributed by atoms with van der Waals surface area (Å²) in [5.74, 6) is -0.773. The van der Waals surface area contributed by atoms with Gasteiger partial charge in [0.2, 0.25) is 11.8 Å². The highest BCUT2D eigenvalue weighted by molar-refractivity contribution is 7.92. The first kappa shape index (κ1) is 31.5. The van der Waals surface area contributed by atoms with Crippen molar-refractivity contribution in [3.63, 3.8) is 0 Å². The normalized spacial score (nSPS) is 11.9. The molecule has 0 aliphatic rings. The third-order valence-corrected chi connectivity index (χ3v) is 9.40. The molecule has 1 atom stereocenters. The van der Waals surface area contributed by atoms with E-state index in [1.165, 1.54) is 17.0 Å². The molecule has 0 saturated heterocycles. The summed E-state index contributed by atoms with van der Waals surface area (Å²) in [7, 11) is -4.12. The molecule has 0 heterocycles. The summed E-state index contributed by atoms with van der Waals surface area (Å²) >= 11 is 0. The van der Waals surface area contributed by atoms with Gasteiger partial charge in [-0.15, -0.1) is 0 Å². The van der Waals surface area contributed by atoms with Gasteiger partial charge in [0.15, 0.2) is 0 Å². The first-order valence-electron chi connectivity index (χ1n) is 14.4. The summed E-state index contributed by atoms with van der Waals surface area (Å²) in [6.07, 6.45) is 0.277. The van der Waals surface area contributed by atoms with E-state index < -0.39 is 28.5 Å². The van der Waals surface area contributed by atoms with E-state index in [1.54, 1.807) is 30.3 Å². The lowest BCUT2D eigenvalue weighted by Gasteiger charge is -2.34. The number of nitrogens with one attached hydrogen (secondary N) is 1. The van der Waals surface area contributed by atoms with Crippen LogP contribution in [0.25, 0.3) is 0 Å². The summed E-state index contributed by atoms with van der Waals surface area (Å²) in [5, 5.41) is 2.89. The third-order valence-electron chi connectivity index (χ3n) is 7.61. The van der Waals surface area contributed by atoms with Crippen LogP contribution in [0.15, 0.2) is 108 Å². The number of carbonyl (C=O) groups is 2. The predicted octanol–water partition coefficient (Wildman–Crippen LogP) is 5.58. The van der Waals surface area contributed by atoms with Gasteiger partial charge in [-0.1, -0.05) is 78.9 Å². The average Bonchev–Trinajstić information content (AvgIpc) is 3.01. The average molecular weight is 598 g/mol. The molecule has 0 aromatic heterocycles. The van der Waals surface area contributed by atoms with Gasteiger partial charge in [-0.05, 0) is 79.8 Å². The van der Waals surface area contributed by atoms with Crippen LogP contribution in [-0.2, 0) is 32.6 Å². The maximum Gasteiger partial charge on any atom is 0.264 e. The number of aryl methyl sites for hydroxylation is 3. The Morgan fingerprint density at radius 2 is 1.40 bits per heavy atom. The van der Waals surface area contributed by atoms with E-state index in [2.05, 4.69) is 5.32 Å². The summed E-state index contributed by atoms with van der Waals surface area (Å²) in [6.45, 7) is 7.71. The zero-order valence-electron chi connectivity index (χ0n) is 25.2. The standard InChI is InChI=1S/C35H39N3O4S/c1-5-36-35(40)33(23-29-15-8-6-9-16-29)37(24-30-17-13-12-14-27(30)3)34(39)25-38(31-21-20-26(2)28(4)22-31)43(41,42)32-18-10-7-11-19-32/h6-22,33H,5,23-25H2,1-4H3,(H,36,40)/t33-/m1/s1. The highest BCUT2D eigenvalue weighted by Crippen LogP contribution is 2.27. The molecule has 0 aliphatic heterocycles. The second-order valence-electron chi connectivity index (χ2n) is 10.6. The van der Waals surface area contributed by atoms with E-state index in [9.17, 15) is 18.0 Å². The Morgan fingerprint density at radius 3 is 2.02 bits per heavy atom. The molecule has 1 N–H and O–H groups in total. The minimum Gasteiger partial charge on any atom is -0.355 e. The Hall–Kier alpha value is -4.43. The van der Waals surface area contributed by atoms with E-state index in [1.807, 2.05) is 88.4 Å². The molecule has 4 aromatic carbocycles. The first-order valence-corrected chi connectivity index (χ1v) is 15.9. The molecular formula is C35H39N3O4S. The molecule has 224 valence electrons. The summed E-state index contributed by atoms with van der Waals surface area (Å²) in [5.41, 5.74) is 5.03. The fourth-order valence-corrected chi connectivity index (χ4v) is 6.37. The van der Waals surface area contributed by atoms with Crippen LogP contribution < -0.4 is 9.62 Å². The van der Waals surface area contributed by atoms with Crippen LogP contribution in [0.2, 0.25) is 0 Å². The molecule has 0 bridgehead atoms. The van der Waals surface area contributed by atoms with Crippen molar-refractivity contribution in [2.24, 2.45) is 0 Å². The molecule has 4 rings (SSSR count). The number of hydrogen-bond acceptors (Lipinski definition) is 4. The minimum absolute atomic E-state index is 0.0797. The smallest absolute Gasteiger partial charge is 0.264 e. The molecule has 0 fully saturated rings. The Kier molecular flexibility index (Phi) is 10.4. The van der Waals surface area contributed by atoms with Crippen LogP contribution in [0, 0.1) is 20.8 Å². The first-order chi connectivity index (χ1) is 20.6. The lowest BCUT2D eigenvalue weighted by Crippen LogP contribution is -2.53. The number of carbonyl (C=O) groups excluding carboxylic acids is 2. The molecule has 0 spiro atoms. The van der Waals surface area contributed by atoms with Gasteiger partial charge in [0, 0.05) is 19.5 Å². The van der Waals surface area contributed by atoms with E-state index in [-0.39, 0.29) is 23.8 Å². The van der Waals surface area contributed by atoms with E-state index in [0.717, 1.165) is 32.1 Å². The van der Waals surface area contributed by atoms with E-state index in [0.29, 0.717) is 12.2 Å². The van der Waals surface area contributed by atoms with Crippen molar-refractivity contribution < 1.29 is 18.0 Å². The number of anilines is 1. The number of rotatable bonds is 12. The summed E-state index contributed by atoms with van der Waals surface area (Å²) in [6, 6.07) is 29.8. The zero-order valence-corrected chi connectivity index (χ0v) is 26.0. The lowest BCUT2D eigenvalue weighted by molar-refractivity contribution is -0.140. The van der Waals surface area contributed by atoms with Crippen LogP contribution in [0.5, 0.6) is 0 Å². The molecule has 4 aromatic rings. The van der Waals surface area contributed by atoms with Gasteiger partial charge in [0.25, 0.3) is 10.0 Å². The number of hydrogen-bond donors (Lipinski definition) is 1. The highest BCUT2D eigenvalue weighted by atomic mass is 32.2. The van der Waals surface area contributed by atoms with Gasteiger partial charge in [0.05, 0.1) is 10.6 Å². The predicted molar refractivity (Wildman–Crippen MR) is 171 cm³/mol. The second-order valence-corrected chi connectivity index (χ2v) is 12.5. The summed E-state index contributed by atoms with van der Waals surface area (Å²) < 4.78 is 29.3. The van der Waals surface area contributed by atoms with Crippen molar-refractivity contribution in [2.45, 2.75) is 51.6 Å². The second kappa shape index (κ2) is 14.2. The topological polar surface area (TPSA) is 86.8 Å². The fourth-order valence-electron chi connectivity index (χ4n) is 4.95. The number of nitrogens with zero attached hydrogens (tertiary/aromatic N) is 2. The largest absolute Gasteiger partial charge is 0.355 e. The van der Waals surface area contributed by atoms with Crippen LogP contribution >= 0.6 is 0 Å². The van der Waals surface area contributed by atoms with E-state index >= 15 is 0 Å². The number of likely N-dealkylation sites (N-methyl/N-ethyl adjacent to an activating group) is 1. The molecule has 8 heteroatoms. The molecule has 7 nitrogen and oxygen atoms in total. The van der Waals surface area contributed by atoms with E-state index in [4.69, 9.17) is 0 Å². The van der Waals surface area contributed by atoms with Crippen molar-refractivity contribution in [3.05, 3.63) is 131 Å². The van der Waals surface area contributed by atoms with Gasteiger partial charge >= 0.3 is 0 Å². The fraction of sp³-hybridized carbons (Fsp3) is 0.257. The lowest BCUT2D eigenvalue weighted by atomic mass is 10.0. The van der Waals surface area contributed by atoms with Crippen LogP contribution in [0.4, 0.5) is 5.69 Å². The Balaban J connectivity index is 1.81. The van der Waals surface area contributed by atoms with Gasteiger partial charge < -0.3 is 10.2 Å². The van der Waals surface area contributed by atoms with Gasteiger partial charge in [-0.3, -0.25) is 13.9 Å². The van der Waals surface area contributed by atoms with Crippen LogP contribution in [0.1, 0.15) is 34.7 Å². The van der Waals surface area contributed by atoms with Crippen molar-refractivity contribution in [1.29, 1.82) is 0 Å². The maximum absolute atomic E-state index is 14.5.